The molecular formula is C34H31F4N5O4. The first-order chi connectivity index (χ1) is 22.4. The van der Waals surface area contributed by atoms with Gasteiger partial charge in [-0.1, -0.05) is 43.0 Å². The Bertz CT molecular complexity index is 1810. The van der Waals surface area contributed by atoms with Crippen molar-refractivity contribution in [3.63, 3.8) is 0 Å². The molecule has 1 aliphatic heterocycles. The number of alkyl halides is 3. The van der Waals surface area contributed by atoms with Gasteiger partial charge in [0.15, 0.2) is 0 Å². The summed E-state index contributed by atoms with van der Waals surface area (Å²) in [5.74, 6) is -3.13. The fourth-order valence-corrected chi connectivity index (χ4v) is 5.57. The van der Waals surface area contributed by atoms with Gasteiger partial charge in [-0.3, -0.25) is 19.3 Å². The van der Waals surface area contributed by atoms with E-state index in [2.05, 4.69) is 17.2 Å². The van der Waals surface area contributed by atoms with Gasteiger partial charge >= 0.3 is 6.18 Å². The number of para-hydroxylation sites is 1. The molecule has 2 N–H and O–H groups in total. The molecule has 1 aliphatic rings. The number of methoxy groups -OCH3 is 1. The van der Waals surface area contributed by atoms with Crippen LogP contribution in [0.2, 0.25) is 0 Å². The Balaban J connectivity index is 1.68. The first-order valence-corrected chi connectivity index (χ1v) is 14.6. The van der Waals surface area contributed by atoms with Crippen molar-refractivity contribution < 1.29 is 36.7 Å². The van der Waals surface area contributed by atoms with Crippen molar-refractivity contribution >= 4 is 23.5 Å². The van der Waals surface area contributed by atoms with Gasteiger partial charge in [0, 0.05) is 36.3 Å². The smallest absolute Gasteiger partial charge is 0.380 e. The summed E-state index contributed by atoms with van der Waals surface area (Å²) in [7, 11) is 1.42. The van der Waals surface area contributed by atoms with E-state index in [0.29, 0.717) is 34.4 Å². The van der Waals surface area contributed by atoms with Crippen molar-refractivity contribution in [1.82, 2.24) is 20.4 Å². The topological polar surface area (TPSA) is 106 Å². The monoisotopic (exact) mass is 649 g/mol. The highest BCUT2D eigenvalue weighted by Crippen LogP contribution is 2.44. The Morgan fingerprint density at radius 1 is 1.02 bits per heavy atom. The lowest BCUT2D eigenvalue weighted by molar-refractivity contribution is -0.137. The molecule has 0 fully saturated rings. The second kappa shape index (κ2) is 13.6. The summed E-state index contributed by atoms with van der Waals surface area (Å²) >= 11 is 0. The molecule has 2 heterocycles. The number of nitrogens with zero attached hydrogens (tertiary/aromatic N) is 3. The average Bonchev–Trinajstić information content (AvgIpc) is 3.43. The van der Waals surface area contributed by atoms with E-state index in [4.69, 9.17) is 9.84 Å². The zero-order chi connectivity index (χ0) is 33.9. The Kier molecular flexibility index (Phi) is 9.56. The highest BCUT2D eigenvalue weighted by Gasteiger charge is 2.46. The quantitative estimate of drug-likeness (QED) is 0.183. The normalized spacial score (nSPS) is 16.0. The summed E-state index contributed by atoms with van der Waals surface area (Å²) in [6.45, 7) is 5.45. The largest absolute Gasteiger partial charge is 0.416 e. The maximum atomic E-state index is 14.3. The number of nitrogens with one attached hydrogen (secondary N) is 2. The average molecular weight is 650 g/mol. The molecule has 0 saturated heterocycles. The molecule has 0 bridgehead atoms. The number of anilines is 1. The number of carbonyl (C=O) groups is 3. The first kappa shape index (κ1) is 33.1. The zero-order valence-electron chi connectivity index (χ0n) is 25.5. The SMILES string of the molecule is C=C(COC)C(=O)NCc1nn(-c2ccccc2)c2c1[C@H](c1ccc(F)cc1)[C@H](NC(=O)c1cccc(C(F)(F)F)c1)C(=O)N2CC. The number of amides is 3. The third-order valence-corrected chi connectivity index (χ3v) is 7.75. The van der Waals surface area contributed by atoms with E-state index in [1.54, 1.807) is 35.9 Å². The number of likely N-dealkylation sites (N-methyl/N-ethyl adjacent to an activating group) is 1. The highest BCUT2D eigenvalue weighted by molar-refractivity contribution is 6.05. The van der Waals surface area contributed by atoms with Crippen molar-refractivity contribution in [1.29, 1.82) is 0 Å². The fraction of sp³-hybridized carbons (Fsp3) is 0.235. The number of ether oxygens (including phenoxy) is 1. The second-order valence-electron chi connectivity index (χ2n) is 10.8. The predicted molar refractivity (Wildman–Crippen MR) is 165 cm³/mol. The van der Waals surface area contributed by atoms with Crippen LogP contribution in [0.15, 0.2) is 91.0 Å². The van der Waals surface area contributed by atoms with Crippen LogP contribution in [0.5, 0.6) is 0 Å². The van der Waals surface area contributed by atoms with Gasteiger partial charge in [0.25, 0.3) is 11.8 Å². The summed E-state index contributed by atoms with van der Waals surface area (Å²) in [6.07, 6.45) is -4.69. The van der Waals surface area contributed by atoms with E-state index >= 15 is 0 Å². The third-order valence-electron chi connectivity index (χ3n) is 7.75. The van der Waals surface area contributed by atoms with E-state index in [0.717, 1.165) is 12.1 Å². The van der Waals surface area contributed by atoms with Crippen LogP contribution in [0.1, 0.15) is 45.6 Å². The maximum absolute atomic E-state index is 14.3. The van der Waals surface area contributed by atoms with Crippen LogP contribution in [0.3, 0.4) is 0 Å². The molecule has 1 aromatic heterocycles. The summed E-state index contributed by atoms with van der Waals surface area (Å²) in [5, 5.41) is 10.2. The lowest BCUT2D eigenvalue weighted by atomic mass is 9.80. The standard InChI is InChI=1S/C34H31F4N5O4/c1-4-42-32-28(26(18-39-30(44)20(2)19-47-3)41-43(32)25-11-6-5-7-12-25)27(21-13-15-24(35)16-14-21)29(33(42)46)40-31(45)22-9-8-10-23(17-22)34(36,37)38/h5-17,27,29H,2,4,18-19H2,1,3H3,(H,39,44)(H,40,45)/t27-,29-/m0/s1. The van der Waals surface area contributed by atoms with Crippen LogP contribution < -0.4 is 15.5 Å². The number of hydrogen-bond donors (Lipinski definition) is 2. The van der Waals surface area contributed by atoms with Crippen molar-refractivity contribution in [3.05, 3.63) is 125 Å². The second-order valence-corrected chi connectivity index (χ2v) is 10.8. The summed E-state index contributed by atoms with van der Waals surface area (Å²) in [6, 6.07) is 16.8. The van der Waals surface area contributed by atoms with Gasteiger partial charge in [0.05, 0.1) is 30.1 Å². The van der Waals surface area contributed by atoms with Crippen molar-refractivity contribution in [3.8, 4) is 5.69 Å². The minimum absolute atomic E-state index is 0.0115. The van der Waals surface area contributed by atoms with Crippen LogP contribution in [-0.4, -0.2) is 53.8 Å². The van der Waals surface area contributed by atoms with E-state index in [-0.39, 0.29) is 30.8 Å². The van der Waals surface area contributed by atoms with Gasteiger partial charge in [-0.05, 0) is 55.0 Å². The van der Waals surface area contributed by atoms with Crippen LogP contribution in [0.25, 0.3) is 5.69 Å². The Morgan fingerprint density at radius 3 is 2.36 bits per heavy atom. The molecule has 13 heteroatoms. The number of halogens is 4. The van der Waals surface area contributed by atoms with Gasteiger partial charge in [0.2, 0.25) is 5.91 Å². The molecule has 9 nitrogen and oxygen atoms in total. The molecule has 0 radical (unpaired) electrons. The number of hydrogen-bond acceptors (Lipinski definition) is 5. The van der Waals surface area contributed by atoms with Gasteiger partial charge in [-0.2, -0.15) is 18.3 Å². The number of fused-ring (bicyclic) bond motifs is 1. The molecule has 0 unspecified atom stereocenters. The summed E-state index contributed by atoms with van der Waals surface area (Å²) < 4.78 is 61.1. The van der Waals surface area contributed by atoms with Crippen molar-refractivity contribution in [2.75, 3.05) is 25.2 Å². The lowest BCUT2D eigenvalue weighted by Crippen LogP contribution is -2.55. The Hall–Kier alpha value is -5.30. The molecule has 0 saturated carbocycles. The van der Waals surface area contributed by atoms with Crippen LogP contribution in [0, 0.1) is 5.82 Å². The zero-order valence-corrected chi connectivity index (χ0v) is 25.5. The minimum atomic E-state index is -4.69. The molecule has 3 amide bonds. The van der Waals surface area contributed by atoms with Crippen LogP contribution in [0.4, 0.5) is 23.4 Å². The van der Waals surface area contributed by atoms with Crippen molar-refractivity contribution in [2.24, 2.45) is 0 Å². The van der Waals surface area contributed by atoms with E-state index in [1.807, 2.05) is 6.07 Å². The van der Waals surface area contributed by atoms with Gasteiger partial charge in [-0.25, -0.2) is 9.07 Å². The van der Waals surface area contributed by atoms with Crippen LogP contribution >= 0.6 is 0 Å². The van der Waals surface area contributed by atoms with Crippen molar-refractivity contribution in [2.45, 2.75) is 31.6 Å². The molecule has 5 rings (SSSR count). The molecule has 2 atom stereocenters. The molecule has 244 valence electrons. The number of aromatic nitrogens is 2. The van der Waals surface area contributed by atoms with Gasteiger partial charge in [-0.15, -0.1) is 0 Å². The van der Waals surface area contributed by atoms with E-state index < -0.39 is 47.2 Å². The maximum Gasteiger partial charge on any atom is 0.416 e. The van der Waals surface area contributed by atoms with E-state index in [1.165, 1.54) is 42.3 Å². The molecule has 3 aromatic carbocycles. The molecule has 0 aliphatic carbocycles. The van der Waals surface area contributed by atoms with Gasteiger partial charge < -0.3 is 15.4 Å². The first-order valence-electron chi connectivity index (χ1n) is 14.6. The predicted octanol–water partition coefficient (Wildman–Crippen LogP) is 5.15. The molecule has 0 spiro atoms. The fourth-order valence-electron chi connectivity index (χ4n) is 5.57. The molecule has 47 heavy (non-hydrogen) atoms. The van der Waals surface area contributed by atoms with Gasteiger partial charge in [0.1, 0.15) is 17.7 Å². The number of carbonyl (C=O) groups excluding carboxylic acids is 3. The lowest BCUT2D eigenvalue weighted by Gasteiger charge is -2.38. The highest BCUT2D eigenvalue weighted by atomic mass is 19.4. The third kappa shape index (κ3) is 6.80. The Morgan fingerprint density at radius 2 is 1.72 bits per heavy atom. The molecule has 4 aromatic rings. The summed E-state index contributed by atoms with van der Waals surface area (Å²) in [4.78, 5) is 42.1. The van der Waals surface area contributed by atoms with Crippen LogP contribution in [-0.2, 0) is 27.0 Å². The Labute approximate surface area is 267 Å². The number of rotatable bonds is 10. The van der Waals surface area contributed by atoms with E-state index in [9.17, 15) is 31.9 Å². The minimum Gasteiger partial charge on any atom is -0.380 e. The number of benzene rings is 3. The molecular weight excluding hydrogens is 618 g/mol. The summed E-state index contributed by atoms with van der Waals surface area (Å²) in [5.41, 5.74) is 0.648.